The lowest BCUT2D eigenvalue weighted by Gasteiger charge is -2.19. The van der Waals surface area contributed by atoms with Gasteiger partial charge in [0.2, 0.25) is 0 Å². The molecule has 0 saturated carbocycles. The molecule has 0 aromatic heterocycles. The van der Waals surface area contributed by atoms with Crippen LogP contribution in [0.1, 0.15) is 26.3 Å². The Hall–Kier alpha value is -2.25. The van der Waals surface area contributed by atoms with E-state index in [0.29, 0.717) is 10.6 Å². The van der Waals surface area contributed by atoms with E-state index in [1.807, 2.05) is 0 Å². The number of carbonyl (C=O) groups is 2. The number of carbonyl (C=O) groups excluding carboxylic acids is 1. The first kappa shape index (κ1) is 19.1. The maximum atomic E-state index is 12.2. The Morgan fingerprint density at radius 3 is 2.64 bits per heavy atom. The molecule has 1 aromatic rings. The van der Waals surface area contributed by atoms with Gasteiger partial charge in [-0.15, -0.1) is 0 Å². The molecule has 1 heterocycles. The van der Waals surface area contributed by atoms with Crippen LogP contribution in [0.5, 0.6) is 11.5 Å². The Balaban J connectivity index is 2.28. The van der Waals surface area contributed by atoms with Crippen molar-refractivity contribution in [2.45, 2.75) is 27.3 Å². The lowest BCUT2D eigenvalue weighted by molar-refractivity contribution is -0.165. The fourth-order valence-electron chi connectivity index (χ4n) is 2.16. The van der Waals surface area contributed by atoms with Gasteiger partial charge in [0, 0.05) is 11.1 Å². The van der Waals surface area contributed by atoms with Gasteiger partial charge in [0.15, 0.2) is 11.5 Å². The molecule has 25 heavy (non-hydrogen) atoms. The molecule has 7 nitrogen and oxygen atoms in total. The summed E-state index contributed by atoms with van der Waals surface area (Å²) in [4.78, 5) is 28.6. The number of halogens is 1. The zero-order chi connectivity index (χ0) is 18.8. The molecule has 2 rings (SSSR count). The van der Waals surface area contributed by atoms with Gasteiger partial charge in [-0.05, 0) is 38.0 Å². The van der Waals surface area contributed by atoms with E-state index in [1.165, 1.54) is 17.2 Å². The van der Waals surface area contributed by atoms with E-state index in [0.717, 1.165) is 5.57 Å². The molecule has 0 unspecified atom stereocenters. The molecular formula is C17H20ClNO6. The fourth-order valence-corrected chi connectivity index (χ4v) is 2.37. The van der Waals surface area contributed by atoms with Crippen molar-refractivity contribution in [2.24, 2.45) is 5.41 Å². The maximum Gasteiger partial charge on any atom is 0.511 e. The zero-order valence-corrected chi connectivity index (χ0v) is 15.1. The van der Waals surface area contributed by atoms with Gasteiger partial charge in [0.25, 0.3) is 5.91 Å². The summed E-state index contributed by atoms with van der Waals surface area (Å²) in [5.74, 6) is -0.0147. The Bertz CT molecular complexity index is 715. The predicted octanol–water partition coefficient (Wildman–Crippen LogP) is 3.65. The minimum absolute atomic E-state index is 0.0148. The number of hydrogen-bond donors (Lipinski definition) is 1. The van der Waals surface area contributed by atoms with Crippen LogP contribution in [-0.4, -0.2) is 35.4 Å². The third-order valence-corrected chi connectivity index (χ3v) is 3.84. The highest BCUT2D eigenvalue weighted by molar-refractivity contribution is 6.31. The monoisotopic (exact) mass is 369 g/mol. The molecule has 0 bridgehead atoms. The van der Waals surface area contributed by atoms with Crippen molar-refractivity contribution in [1.82, 2.24) is 5.06 Å². The minimum atomic E-state index is -1.48. The third-order valence-electron chi connectivity index (χ3n) is 3.48. The molecule has 0 spiro atoms. The second kappa shape index (κ2) is 7.33. The van der Waals surface area contributed by atoms with Crippen molar-refractivity contribution in [2.75, 3.05) is 13.2 Å². The number of hydrogen-bond acceptors (Lipinski definition) is 5. The molecular weight excluding hydrogens is 350 g/mol. The van der Waals surface area contributed by atoms with E-state index in [2.05, 4.69) is 6.58 Å². The summed E-state index contributed by atoms with van der Waals surface area (Å²) in [6.07, 6.45) is -1.48. The highest BCUT2D eigenvalue weighted by Gasteiger charge is 2.40. The first-order valence-electron chi connectivity index (χ1n) is 7.55. The first-order valence-corrected chi connectivity index (χ1v) is 7.93. The van der Waals surface area contributed by atoms with Gasteiger partial charge in [-0.25, -0.2) is 9.86 Å². The second-order valence-electron chi connectivity index (χ2n) is 6.50. The number of rotatable bonds is 6. The molecule has 1 aliphatic heterocycles. The Labute approximate surface area is 150 Å². The molecule has 1 aromatic carbocycles. The maximum absolute atomic E-state index is 12.2. The van der Waals surface area contributed by atoms with Gasteiger partial charge in [0.05, 0.1) is 18.6 Å². The van der Waals surface area contributed by atoms with Crippen molar-refractivity contribution < 1.29 is 29.0 Å². The second-order valence-corrected chi connectivity index (χ2v) is 6.91. The molecule has 0 aliphatic carbocycles. The van der Waals surface area contributed by atoms with Gasteiger partial charge in [-0.2, -0.15) is 0 Å². The summed E-state index contributed by atoms with van der Waals surface area (Å²) in [7, 11) is 0. The van der Waals surface area contributed by atoms with Crippen LogP contribution in [-0.2, 0) is 16.2 Å². The third kappa shape index (κ3) is 4.64. The smallest absolute Gasteiger partial charge is 0.485 e. The van der Waals surface area contributed by atoms with Crippen LogP contribution in [0.15, 0.2) is 24.3 Å². The molecule has 0 atom stereocenters. The summed E-state index contributed by atoms with van der Waals surface area (Å²) in [6.45, 7) is 9.57. The quantitative estimate of drug-likeness (QED) is 0.468. The Morgan fingerprint density at radius 2 is 2.12 bits per heavy atom. The van der Waals surface area contributed by atoms with E-state index in [9.17, 15) is 9.59 Å². The highest BCUT2D eigenvalue weighted by Crippen LogP contribution is 2.36. The molecule has 8 heteroatoms. The Kier molecular flexibility index (Phi) is 5.59. The predicted molar refractivity (Wildman–Crippen MR) is 90.7 cm³/mol. The van der Waals surface area contributed by atoms with Gasteiger partial charge in [-0.1, -0.05) is 18.2 Å². The number of benzene rings is 1. The molecule has 136 valence electrons. The molecule has 1 saturated heterocycles. The van der Waals surface area contributed by atoms with Gasteiger partial charge >= 0.3 is 6.16 Å². The minimum Gasteiger partial charge on any atom is -0.485 e. The van der Waals surface area contributed by atoms with E-state index >= 15 is 0 Å². The van der Waals surface area contributed by atoms with Gasteiger partial charge in [0.1, 0.15) is 6.61 Å². The molecule has 0 radical (unpaired) electrons. The summed E-state index contributed by atoms with van der Waals surface area (Å²) < 4.78 is 10.2. The van der Waals surface area contributed by atoms with Gasteiger partial charge < -0.3 is 14.6 Å². The lowest BCUT2D eigenvalue weighted by Crippen LogP contribution is -2.30. The van der Waals surface area contributed by atoms with E-state index in [1.54, 1.807) is 20.8 Å². The van der Waals surface area contributed by atoms with Crippen molar-refractivity contribution in [3.05, 3.63) is 34.9 Å². The number of ether oxygens (including phenoxy) is 2. The summed E-state index contributed by atoms with van der Waals surface area (Å²) in [6, 6.07) is 2.87. The highest BCUT2D eigenvalue weighted by atomic mass is 35.5. The fraction of sp³-hybridized carbons (Fsp3) is 0.412. The van der Waals surface area contributed by atoms with Crippen molar-refractivity contribution in [1.29, 1.82) is 0 Å². The average Bonchev–Trinajstić information content (AvgIpc) is 2.75. The largest absolute Gasteiger partial charge is 0.511 e. The molecule has 1 amide bonds. The van der Waals surface area contributed by atoms with Crippen LogP contribution >= 0.6 is 11.6 Å². The van der Waals surface area contributed by atoms with Crippen LogP contribution < -0.4 is 9.47 Å². The van der Waals surface area contributed by atoms with E-state index < -0.39 is 11.6 Å². The number of hydroxylamine groups is 2. The van der Waals surface area contributed by atoms with Crippen molar-refractivity contribution in [3.8, 4) is 11.5 Å². The van der Waals surface area contributed by atoms with Crippen LogP contribution in [0, 0.1) is 5.41 Å². The molecule has 1 N–H and O–H groups in total. The van der Waals surface area contributed by atoms with Crippen LogP contribution in [0.25, 0.3) is 0 Å². The topological polar surface area (TPSA) is 85.3 Å². The number of carboxylic acid groups (broad SMARTS) is 1. The summed E-state index contributed by atoms with van der Waals surface area (Å²) >= 11 is 6.25. The Morgan fingerprint density at radius 1 is 1.44 bits per heavy atom. The van der Waals surface area contributed by atoms with Crippen molar-refractivity contribution >= 4 is 23.7 Å². The van der Waals surface area contributed by atoms with E-state index in [-0.39, 0.29) is 37.2 Å². The normalized spacial score (nSPS) is 16.0. The van der Waals surface area contributed by atoms with Crippen molar-refractivity contribution in [3.63, 3.8) is 0 Å². The van der Waals surface area contributed by atoms with E-state index in [4.69, 9.17) is 31.0 Å². The zero-order valence-electron chi connectivity index (χ0n) is 14.3. The van der Waals surface area contributed by atoms with Crippen LogP contribution in [0.2, 0.25) is 5.02 Å². The SMILES string of the molecule is C=C(C)COc1cc(Cl)c(CN2OCC(C)(C)C2=O)cc1OC(=O)O. The summed E-state index contributed by atoms with van der Waals surface area (Å²) in [5, 5.41) is 10.4. The first-order chi connectivity index (χ1) is 11.6. The van der Waals surface area contributed by atoms with Crippen LogP contribution in [0.4, 0.5) is 4.79 Å². The number of amides is 1. The molecule has 1 aliphatic rings. The molecule has 1 fully saturated rings. The lowest BCUT2D eigenvalue weighted by atomic mass is 9.95. The average molecular weight is 370 g/mol. The standard InChI is InChI=1S/C17H20ClNO6/c1-10(2)8-23-13-6-12(18)11(5-14(13)25-16(21)22)7-19-15(20)17(3,4)9-24-19/h5-6H,1,7-9H2,2-4H3,(H,21,22). The van der Waals surface area contributed by atoms with Gasteiger partial charge in [-0.3, -0.25) is 9.63 Å². The summed E-state index contributed by atoms with van der Waals surface area (Å²) in [5.41, 5.74) is 0.614. The number of nitrogens with zero attached hydrogens (tertiary/aromatic N) is 1. The van der Waals surface area contributed by atoms with Crippen LogP contribution in [0.3, 0.4) is 0 Å².